The maximum absolute atomic E-state index is 6.01. The van der Waals surface area contributed by atoms with Gasteiger partial charge in [-0.1, -0.05) is 12.1 Å². The second-order valence-electron chi connectivity index (χ2n) is 3.63. The Labute approximate surface area is 78.7 Å². The average molecular weight is 177 g/mol. The van der Waals surface area contributed by atoms with Crippen LogP contribution >= 0.6 is 0 Å². The van der Waals surface area contributed by atoms with E-state index in [2.05, 4.69) is 19.1 Å². The van der Waals surface area contributed by atoms with E-state index in [-0.39, 0.29) is 6.04 Å². The summed E-state index contributed by atoms with van der Waals surface area (Å²) in [6.45, 7) is 2.06. The lowest BCUT2D eigenvalue weighted by molar-refractivity contribution is 0.404. The van der Waals surface area contributed by atoms with Gasteiger partial charge in [0, 0.05) is 11.6 Å². The summed E-state index contributed by atoms with van der Waals surface area (Å²) < 4.78 is 5.38. The van der Waals surface area contributed by atoms with Crippen LogP contribution in [0, 0.1) is 6.92 Å². The van der Waals surface area contributed by atoms with Crippen LogP contribution in [-0.2, 0) is 6.42 Å². The predicted molar refractivity (Wildman–Crippen MR) is 53.0 cm³/mol. The molecule has 0 aliphatic heterocycles. The molecule has 1 aromatic carbocycles. The Hall–Kier alpha value is -1.02. The number of nitrogens with two attached hydrogens (primary N) is 1. The highest BCUT2D eigenvalue weighted by atomic mass is 16.5. The Balaban J connectivity index is 2.60. The lowest BCUT2D eigenvalue weighted by Crippen LogP contribution is -2.07. The molecule has 0 aromatic heterocycles. The molecule has 2 nitrogen and oxygen atoms in total. The molecule has 0 unspecified atom stereocenters. The van der Waals surface area contributed by atoms with Gasteiger partial charge < -0.3 is 10.5 Å². The highest BCUT2D eigenvalue weighted by Gasteiger charge is 2.23. The largest absolute Gasteiger partial charge is 0.496 e. The number of hydrogen-bond acceptors (Lipinski definition) is 2. The summed E-state index contributed by atoms with van der Waals surface area (Å²) in [5, 5.41) is 0. The highest BCUT2D eigenvalue weighted by molar-refractivity contribution is 5.50. The minimum absolute atomic E-state index is 0.171. The molecule has 0 saturated heterocycles. The molecule has 70 valence electrons. The Morgan fingerprint density at radius 2 is 2.23 bits per heavy atom. The Morgan fingerprint density at radius 3 is 2.92 bits per heavy atom. The van der Waals surface area contributed by atoms with Gasteiger partial charge in [0.2, 0.25) is 0 Å². The van der Waals surface area contributed by atoms with E-state index in [4.69, 9.17) is 10.5 Å². The predicted octanol–water partition coefficient (Wildman–Crippen LogP) is 1.95. The van der Waals surface area contributed by atoms with Gasteiger partial charge in [-0.2, -0.15) is 0 Å². The van der Waals surface area contributed by atoms with Gasteiger partial charge in [0.1, 0.15) is 5.75 Å². The number of benzene rings is 1. The van der Waals surface area contributed by atoms with Crippen LogP contribution < -0.4 is 10.5 Å². The van der Waals surface area contributed by atoms with E-state index in [0.717, 1.165) is 18.6 Å². The summed E-state index contributed by atoms with van der Waals surface area (Å²) in [5.74, 6) is 0.988. The van der Waals surface area contributed by atoms with Crippen molar-refractivity contribution in [2.24, 2.45) is 5.73 Å². The van der Waals surface area contributed by atoms with Crippen LogP contribution in [0.1, 0.15) is 29.2 Å². The van der Waals surface area contributed by atoms with Crippen LogP contribution in [0.25, 0.3) is 0 Å². The molecule has 2 N–H and O–H groups in total. The molecule has 0 fully saturated rings. The van der Waals surface area contributed by atoms with Crippen LogP contribution in [-0.4, -0.2) is 7.11 Å². The van der Waals surface area contributed by atoms with Crippen molar-refractivity contribution in [1.82, 2.24) is 0 Å². The molecule has 2 heteroatoms. The molecular weight excluding hydrogens is 162 g/mol. The van der Waals surface area contributed by atoms with Gasteiger partial charge in [-0.15, -0.1) is 0 Å². The molecule has 0 amide bonds. The van der Waals surface area contributed by atoms with Crippen LogP contribution in [0.2, 0.25) is 0 Å². The number of aryl methyl sites for hydroxylation is 2. The molecule has 0 heterocycles. The first kappa shape index (κ1) is 8.57. The SMILES string of the molecule is COc1c(C)ccc2c1[C@H](N)CC2. The smallest absolute Gasteiger partial charge is 0.126 e. The molecule has 0 radical (unpaired) electrons. The van der Waals surface area contributed by atoms with Gasteiger partial charge in [-0.3, -0.25) is 0 Å². The number of methoxy groups -OCH3 is 1. The lowest BCUT2D eigenvalue weighted by atomic mass is 10.0. The molecule has 0 spiro atoms. The molecule has 0 saturated carbocycles. The van der Waals surface area contributed by atoms with E-state index in [9.17, 15) is 0 Å². The van der Waals surface area contributed by atoms with Crippen LogP contribution in [0.3, 0.4) is 0 Å². The minimum Gasteiger partial charge on any atom is -0.496 e. The molecule has 0 bridgehead atoms. The van der Waals surface area contributed by atoms with Crippen molar-refractivity contribution in [2.45, 2.75) is 25.8 Å². The summed E-state index contributed by atoms with van der Waals surface area (Å²) in [5.41, 5.74) is 9.77. The van der Waals surface area contributed by atoms with E-state index in [1.807, 2.05) is 0 Å². The van der Waals surface area contributed by atoms with E-state index < -0.39 is 0 Å². The summed E-state index contributed by atoms with van der Waals surface area (Å²) >= 11 is 0. The Bertz CT molecular complexity index is 333. The third-order valence-electron chi connectivity index (χ3n) is 2.78. The van der Waals surface area contributed by atoms with Crippen LogP contribution in [0.4, 0.5) is 0 Å². The van der Waals surface area contributed by atoms with E-state index in [1.165, 1.54) is 16.7 Å². The highest BCUT2D eigenvalue weighted by Crippen LogP contribution is 2.38. The molecular formula is C11H15NO. The lowest BCUT2D eigenvalue weighted by Gasteiger charge is -2.13. The van der Waals surface area contributed by atoms with Crippen LogP contribution in [0.15, 0.2) is 12.1 Å². The zero-order valence-electron chi connectivity index (χ0n) is 8.13. The first-order valence-electron chi connectivity index (χ1n) is 4.66. The van der Waals surface area contributed by atoms with Gasteiger partial charge in [-0.25, -0.2) is 0 Å². The van der Waals surface area contributed by atoms with Crippen LogP contribution in [0.5, 0.6) is 5.75 Å². The zero-order chi connectivity index (χ0) is 9.42. The quantitative estimate of drug-likeness (QED) is 0.711. The molecule has 1 aliphatic carbocycles. The molecule has 13 heavy (non-hydrogen) atoms. The van der Waals surface area contributed by atoms with Gasteiger partial charge >= 0.3 is 0 Å². The van der Waals surface area contributed by atoms with Crippen molar-refractivity contribution in [3.8, 4) is 5.75 Å². The standard InChI is InChI=1S/C11H15NO/c1-7-3-4-8-5-6-9(12)10(8)11(7)13-2/h3-4,9H,5-6,12H2,1-2H3/t9-/m1/s1. The molecule has 2 rings (SSSR count). The normalized spacial score (nSPS) is 20.1. The fraction of sp³-hybridized carbons (Fsp3) is 0.455. The second-order valence-corrected chi connectivity index (χ2v) is 3.63. The molecule has 1 aliphatic rings. The van der Waals surface area contributed by atoms with Gasteiger partial charge in [0.25, 0.3) is 0 Å². The third-order valence-corrected chi connectivity index (χ3v) is 2.78. The number of ether oxygens (including phenoxy) is 1. The van der Waals surface area contributed by atoms with Gasteiger partial charge in [0.05, 0.1) is 7.11 Å². The maximum Gasteiger partial charge on any atom is 0.126 e. The van der Waals surface area contributed by atoms with Crippen molar-refractivity contribution in [3.05, 3.63) is 28.8 Å². The molecule has 1 atom stereocenters. The van der Waals surface area contributed by atoms with Crippen molar-refractivity contribution >= 4 is 0 Å². The number of rotatable bonds is 1. The summed E-state index contributed by atoms with van der Waals surface area (Å²) in [6, 6.07) is 4.44. The topological polar surface area (TPSA) is 35.2 Å². The number of hydrogen-bond donors (Lipinski definition) is 1. The van der Waals surface area contributed by atoms with Gasteiger partial charge in [0.15, 0.2) is 0 Å². The molecule has 1 aromatic rings. The fourth-order valence-corrected chi connectivity index (χ4v) is 2.10. The van der Waals surface area contributed by atoms with Crippen molar-refractivity contribution < 1.29 is 4.74 Å². The first-order chi connectivity index (χ1) is 6.24. The van der Waals surface area contributed by atoms with Crippen molar-refractivity contribution in [1.29, 1.82) is 0 Å². The summed E-state index contributed by atoms with van der Waals surface area (Å²) in [6.07, 6.45) is 2.14. The Kier molecular flexibility index (Phi) is 2.00. The second kappa shape index (κ2) is 3.04. The van der Waals surface area contributed by atoms with E-state index in [1.54, 1.807) is 7.11 Å². The number of fused-ring (bicyclic) bond motifs is 1. The zero-order valence-corrected chi connectivity index (χ0v) is 8.13. The third kappa shape index (κ3) is 1.22. The Morgan fingerprint density at radius 1 is 1.46 bits per heavy atom. The van der Waals surface area contributed by atoms with E-state index in [0.29, 0.717) is 0 Å². The maximum atomic E-state index is 6.01. The summed E-state index contributed by atoms with van der Waals surface area (Å²) in [7, 11) is 1.72. The summed E-state index contributed by atoms with van der Waals surface area (Å²) in [4.78, 5) is 0. The van der Waals surface area contributed by atoms with Crippen molar-refractivity contribution in [2.75, 3.05) is 7.11 Å². The van der Waals surface area contributed by atoms with Gasteiger partial charge in [-0.05, 0) is 30.9 Å². The average Bonchev–Trinajstić information content (AvgIpc) is 2.49. The van der Waals surface area contributed by atoms with Crippen molar-refractivity contribution in [3.63, 3.8) is 0 Å². The first-order valence-corrected chi connectivity index (χ1v) is 4.66. The monoisotopic (exact) mass is 177 g/mol. The minimum atomic E-state index is 0.171. The fourth-order valence-electron chi connectivity index (χ4n) is 2.10. The van der Waals surface area contributed by atoms with E-state index >= 15 is 0 Å².